The van der Waals surface area contributed by atoms with E-state index in [0.29, 0.717) is 0 Å². The summed E-state index contributed by atoms with van der Waals surface area (Å²) in [6, 6.07) is 70.9. The van der Waals surface area contributed by atoms with Gasteiger partial charge in [-0.3, -0.25) is 10.6 Å². The first kappa shape index (κ1) is 37.2. The Morgan fingerprint density at radius 1 is 0.444 bits per heavy atom. The summed E-state index contributed by atoms with van der Waals surface area (Å²) in [5.74, 6) is 3.37. The van der Waals surface area contributed by atoms with Crippen molar-refractivity contribution in [2.45, 2.75) is 37.0 Å². The molecular formula is C56H44N6O. The summed E-state index contributed by atoms with van der Waals surface area (Å²) in [7, 11) is 0. The second-order valence-electron chi connectivity index (χ2n) is 16.7. The van der Waals surface area contributed by atoms with Crippen molar-refractivity contribution in [1.82, 2.24) is 21.3 Å². The van der Waals surface area contributed by atoms with Crippen LogP contribution in [0.1, 0.15) is 85.9 Å². The average molecular weight is 817 g/mol. The summed E-state index contributed by atoms with van der Waals surface area (Å²) in [4.78, 5) is 10.5. The van der Waals surface area contributed by atoms with Gasteiger partial charge in [0.05, 0.1) is 5.41 Å². The van der Waals surface area contributed by atoms with Crippen LogP contribution >= 0.6 is 0 Å². The van der Waals surface area contributed by atoms with Gasteiger partial charge in [0, 0.05) is 22.3 Å². The fraction of sp³-hybridized carbons (Fsp3) is 0.107. The molecule has 0 aromatic heterocycles. The van der Waals surface area contributed by atoms with Crippen molar-refractivity contribution in [2.24, 2.45) is 9.98 Å². The Labute approximate surface area is 367 Å². The Bertz CT molecular complexity index is 3080. The first-order valence-corrected chi connectivity index (χ1v) is 21.7. The second kappa shape index (κ2) is 15.1. The normalized spacial score (nSPS) is 21.6. The number of ether oxygens (including phenoxy) is 1. The van der Waals surface area contributed by atoms with Crippen molar-refractivity contribution in [3.05, 3.63) is 261 Å². The van der Waals surface area contributed by atoms with Gasteiger partial charge in [-0.1, -0.05) is 194 Å². The highest BCUT2D eigenvalue weighted by Crippen LogP contribution is 2.63. The van der Waals surface area contributed by atoms with E-state index in [0.717, 1.165) is 67.7 Å². The maximum Gasteiger partial charge on any atom is 0.132 e. The molecule has 63 heavy (non-hydrogen) atoms. The zero-order valence-electron chi connectivity index (χ0n) is 34.7. The van der Waals surface area contributed by atoms with Gasteiger partial charge in [-0.2, -0.15) is 0 Å². The molecule has 0 radical (unpaired) electrons. The highest BCUT2D eigenvalue weighted by Gasteiger charge is 2.52. The van der Waals surface area contributed by atoms with E-state index in [9.17, 15) is 0 Å². The SMILES string of the molecule is Cc1ccc2c(c1)C1(c3ccccc3Oc3cc(C4N=C(c5ccccc5)NC(c5ccccc5)N4)ccc31)c1cccc(C3NC(c4ccccc4)=NC(c4ccccc4)N3)c1-2. The maximum atomic E-state index is 7.02. The van der Waals surface area contributed by atoms with Gasteiger partial charge in [0.1, 0.15) is 47.8 Å². The van der Waals surface area contributed by atoms with Crippen LogP contribution in [0.4, 0.5) is 0 Å². The molecule has 3 heterocycles. The predicted octanol–water partition coefficient (Wildman–Crippen LogP) is 11.1. The summed E-state index contributed by atoms with van der Waals surface area (Å²) in [5.41, 5.74) is 14.2. The summed E-state index contributed by atoms with van der Waals surface area (Å²) < 4.78 is 7.02. The van der Waals surface area contributed by atoms with E-state index >= 15 is 0 Å². The molecule has 304 valence electrons. The molecule has 3 aliphatic heterocycles. The fourth-order valence-electron chi connectivity index (χ4n) is 10.1. The van der Waals surface area contributed by atoms with Crippen LogP contribution in [0.5, 0.6) is 11.5 Å². The van der Waals surface area contributed by atoms with Crippen LogP contribution in [-0.2, 0) is 5.41 Å². The Balaban J connectivity index is 1.03. The lowest BCUT2D eigenvalue weighted by Gasteiger charge is -2.40. The molecule has 7 heteroatoms. The topological polar surface area (TPSA) is 82.1 Å². The van der Waals surface area contributed by atoms with Crippen molar-refractivity contribution in [1.29, 1.82) is 0 Å². The molecule has 1 aliphatic carbocycles. The number of benzene rings is 8. The molecule has 1 spiro atoms. The quantitative estimate of drug-likeness (QED) is 0.134. The van der Waals surface area contributed by atoms with E-state index in [2.05, 4.69) is 210 Å². The third-order valence-electron chi connectivity index (χ3n) is 13.0. The molecule has 4 N–H and O–H groups in total. The average Bonchev–Trinajstić information content (AvgIpc) is 3.64. The fourth-order valence-corrected chi connectivity index (χ4v) is 10.1. The molecule has 0 fully saturated rings. The van der Waals surface area contributed by atoms with E-state index < -0.39 is 5.41 Å². The van der Waals surface area contributed by atoms with Crippen molar-refractivity contribution in [3.63, 3.8) is 0 Å². The molecular weight excluding hydrogens is 773 g/mol. The van der Waals surface area contributed by atoms with Crippen LogP contribution in [0.2, 0.25) is 0 Å². The third kappa shape index (κ3) is 6.19. The number of nitrogens with zero attached hydrogens (tertiary/aromatic N) is 2. The molecule has 4 aliphatic rings. The predicted molar refractivity (Wildman–Crippen MR) is 251 cm³/mol. The molecule has 8 aromatic carbocycles. The minimum absolute atomic E-state index is 0.154. The van der Waals surface area contributed by atoms with E-state index in [1.165, 1.54) is 27.8 Å². The second-order valence-corrected chi connectivity index (χ2v) is 16.7. The number of amidine groups is 2. The smallest absolute Gasteiger partial charge is 0.132 e. The number of nitrogens with one attached hydrogen (secondary N) is 4. The molecule has 5 atom stereocenters. The molecule has 0 saturated heterocycles. The largest absolute Gasteiger partial charge is 0.457 e. The highest BCUT2D eigenvalue weighted by molar-refractivity contribution is 6.00. The summed E-state index contributed by atoms with van der Waals surface area (Å²) in [6.45, 7) is 2.19. The number of aliphatic imine (C=N–C) groups is 2. The van der Waals surface area contributed by atoms with E-state index in [1.807, 2.05) is 18.2 Å². The van der Waals surface area contributed by atoms with E-state index in [-0.39, 0.29) is 24.7 Å². The van der Waals surface area contributed by atoms with Crippen molar-refractivity contribution >= 4 is 11.7 Å². The number of aryl methyl sites for hydroxylation is 1. The number of hydrogen-bond donors (Lipinski definition) is 4. The van der Waals surface area contributed by atoms with Crippen LogP contribution < -0.4 is 26.0 Å². The van der Waals surface area contributed by atoms with Gasteiger partial charge < -0.3 is 15.4 Å². The first-order valence-electron chi connectivity index (χ1n) is 21.7. The maximum absolute atomic E-state index is 7.02. The number of hydrogen-bond acceptors (Lipinski definition) is 7. The minimum atomic E-state index is -0.661. The number of fused-ring (bicyclic) bond motifs is 9. The summed E-state index contributed by atoms with van der Waals surface area (Å²) in [5, 5.41) is 15.2. The van der Waals surface area contributed by atoms with Gasteiger partial charge in [-0.25, -0.2) is 9.98 Å². The summed E-state index contributed by atoms with van der Waals surface area (Å²) >= 11 is 0. The van der Waals surface area contributed by atoms with Gasteiger partial charge in [-0.15, -0.1) is 0 Å². The molecule has 0 saturated carbocycles. The van der Waals surface area contributed by atoms with Crippen molar-refractivity contribution < 1.29 is 4.74 Å². The molecule has 12 rings (SSSR count). The summed E-state index contributed by atoms with van der Waals surface area (Å²) in [6.07, 6.45) is -1.00. The minimum Gasteiger partial charge on any atom is -0.457 e. The Kier molecular flexibility index (Phi) is 8.92. The van der Waals surface area contributed by atoms with Crippen LogP contribution in [-0.4, -0.2) is 11.7 Å². The first-order chi connectivity index (χ1) is 31.1. The molecule has 7 nitrogen and oxygen atoms in total. The van der Waals surface area contributed by atoms with Gasteiger partial charge in [0.25, 0.3) is 0 Å². The zero-order chi connectivity index (χ0) is 41.9. The van der Waals surface area contributed by atoms with Gasteiger partial charge in [0.15, 0.2) is 0 Å². The van der Waals surface area contributed by atoms with Crippen molar-refractivity contribution in [3.8, 4) is 22.6 Å². The van der Waals surface area contributed by atoms with Gasteiger partial charge >= 0.3 is 0 Å². The molecule has 0 bridgehead atoms. The van der Waals surface area contributed by atoms with Crippen molar-refractivity contribution in [2.75, 3.05) is 0 Å². The van der Waals surface area contributed by atoms with E-state index in [4.69, 9.17) is 14.7 Å². The van der Waals surface area contributed by atoms with Crippen LogP contribution in [0, 0.1) is 6.92 Å². The monoisotopic (exact) mass is 816 g/mol. The lowest BCUT2D eigenvalue weighted by Crippen LogP contribution is -2.45. The lowest BCUT2D eigenvalue weighted by molar-refractivity contribution is 0.403. The molecule has 8 aromatic rings. The standard InChI is InChI=1S/C56H44N6O/c1-35-29-31-41-46(33-35)56(45-27-16-25-42(49(41)45)55-61-52(38-21-10-4-11-22-38)58-53(62-55)39-23-12-5-13-24-39)43-26-14-15-28-47(43)63-48-34-40(30-32-44(48)56)54-59-50(36-17-6-2-7-18-36)57-51(60-54)37-19-8-3-9-20-37/h2-34,50,52,54-55,59,61H,1H3,(H,57,60)(H,58,62). The zero-order valence-corrected chi connectivity index (χ0v) is 34.7. The number of para-hydroxylation sites is 1. The van der Waals surface area contributed by atoms with Crippen LogP contribution in [0.15, 0.2) is 210 Å². The Hall–Kier alpha value is -7.58. The number of rotatable bonds is 6. The Morgan fingerprint density at radius 3 is 1.73 bits per heavy atom. The lowest BCUT2D eigenvalue weighted by atomic mass is 9.65. The van der Waals surface area contributed by atoms with Crippen LogP contribution in [0.3, 0.4) is 0 Å². The van der Waals surface area contributed by atoms with Crippen LogP contribution in [0.25, 0.3) is 11.1 Å². The van der Waals surface area contributed by atoms with Gasteiger partial charge in [-0.05, 0) is 63.6 Å². The molecule has 5 unspecified atom stereocenters. The highest BCUT2D eigenvalue weighted by atomic mass is 16.5. The van der Waals surface area contributed by atoms with E-state index in [1.54, 1.807) is 0 Å². The molecule has 0 amide bonds. The Morgan fingerprint density at radius 2 is 1.02 bits per heavy atom. The van der Waals surface area contributed by atoms with Gasteiger partial charge in [0.2, 0.25) is 0 Å². The third-order valence-corrected chi connectivity index (χ3v) is 13.0.